The van der Waals surface area contributed by atoms with Crippen molar-refractivity contribution in [1.29, 1.82) is 0 Å². The lowest BCUT2D eigenvalue weighted by molar-refractivity contribution is -0.138. The third kappa shape index (κ3) is 5.64. The van der Waals surface area contributed by atoms with E-state index in [1.54, 1.807) is 0 Å². The van der Waals surface area contributed by atoms with Crippen LogP contribution in [0.4, 0.5) is 19.1 Å². The first-order valence-electron chi connectivity index (χ1n) is 8.51. The van der Waals surface area contributed by atoms with Gasteiger partial charge in [0.15, 0.2) is 0 Å². The van der Waals surface area contributed by atoms with Crippen molar-refractivity contribution in [3.63, 3.8) is 0 Å². The number of nitrogens with one attached hydrogen (secondary N) is 1. The molecule has 0 aliphatic carbocycles. The van der Waals surface area contributed by atoms with E-state index in [4.69, 9.17) is 0 Å². The molecule has 0 aromatic carbocycles. The molecule has 1 aromatic rings. The van der Waals surface area contributed by atoms with Crippen LogP contribution in [0.25, 0.3) is 0 Å². The zero-order valence-electron chi connectivity index (χ0n) is 14.3. The molecular weight excluding hydrogens is 335 g/mol. The molecule has 2 heterocycles. The number of hydrogen-bond acceptors (Lipinski definition) is 6. The minimum absolute atomic E-state index is 0.140. The predicted octanol–water partition coefficient (Wildman–Crippen LogP) is 1.92. The topological polar surface area (TPSA) is 61.4 Å². The summed E-state index contributed by atoms with van der Waals surface area (Å²) in [6.45, 7) is 5.72. The van der Waals surface area contributed by atoms with E-state index in [1.807, 2.05) is 4.90 Å². The lowest BCUT2D eigenvalue weighted by Gasteiger charge is -2.39. The second-order valence-corrected chi connectivity index (χ2v) is 6.01. The van der Waals surface area contributed by atoms with Crippen molar-refractivity contribution in [3.8, 4) is 0 Å². The molecule has 140 valence electrons. The Labute approximate surface area is 145 Å². The van der Waals surface area contributed by atoms with Crippen molar-refractivity contribution in [2.24, 2.45) is 0 Å². The average molecular weight is 359 g/mol. The van der Waals surface area contributed by atoms with Crippen molar-refractivity contribution in [2.45, 2.75) is 38.5 Å². The van der Waals surface area contributed by atoms with Crippen LogP contribution in [0.5, 0.6) is 0 Å². The number of rotatable bonds is 8. The fourth-order valence-corrected chi connectivity index (χ4v) is 2.82. The Balaban J connectivity index is 1.92. The standard InChI is InChI=1S/C16H24F3N5O/c1-2-5-20-14(4-3-10-25)23-6-8-24(9-7-23)15-21-11-13(12-22-15)16(17,18)19/h10-12,14,20H,2-9H2,1H3/t14-/m0/s1. The number of hydrogen-bond donors (Lipinski definition) is 1. The van der Waals surface area contributed by atoms with Gasteiger partial charge >= 0.3 is 6.18 Å². The molecule has 0 amide bonds. The van der Waals surface area contributed by atoms with Gasteiger partial charge in [-0.3, -0.25) is 4.90 Å². The zero-order valence-corrected chi connectivity index (χ0v) is 14.3. The zero-order chi connectivity index (χ0) is 18.3. The van der Waals surface area contributed by atoms with Gasteiger partial charge < -0.3 is 15.0 Å². The van der Waals surface area contributed by atoms with Crippen LogP contribution in [0.15, 0.2) is 12.4 Å². The normalized spacial score (nSPS) is 17.5. The predicted molar refractivity (Wildman–Crippen MR) is 88.2 cm³/mol. The molecule has 2 rings (SSSR count). The Morgan fingerprint density at radius 3 is 2.40 bits per heavy atom. The summed E-state index contributed by atoms with van der Waals surface area (Å²) in [6, 6.07) is 0. The number of aldehydes is 1. The fourth-order valence-electron chi connectivity index (χ4n) is 2.82. The van der Waals surface area contributed by atoms with Crippen molar-refractivity contribution in [3.05, 3.63) is 18.0 Å². The minimum Gasteiger partial charge on any atom is -0.338 e. The Kier molecular flexibility index (Phi) is 7.12. The maximum absolute atomic E-state index is 12.6. The summed E-state index contributed by atoms with van der Waals surface area (Å²) in [5.74, 6) is 0.318. The summed E-state index contributed by atoms with van der Waals surface area (Å²) in [5, 5.41) is 3.44. The summed E-state index contributed by atoms with van der Waals surface area (Å²) >= 11 is 0. The van der Waals surface area contributed by atoms with Crippen LogP contribution < -0.4 is 10.2 Å². The highest BCUT2D eigenvalue weighted by Crippen LogP contribution is 2.28. The van der Waals surface area contributed by atoms with Crippen molar-refractivity contribution < 1.29 is 18.0 Å². The van der Waals surface area contributed by atoms with E-state index in [0.29, 0.717) is 25.5 Å². The number of carbonyl (C=O) groups is 1. The second-order valence-electron chi connectivity index (χ2n) is 6.01. The van der Waals surface area contributed by atoms with Crippen molar-refractivity contribution in [1.82, 2.24) is 20.2 Å². The molecule has 1 aliphatic rings. The minimum atomic E-state index is -4.42. The summed E-state index contributed by atoms with van der Waals surface area (Å²) in [6.07, 6.45) is 0.553. The van der Waals surface area contributed by atoms with Gasteiger partial charge in [-0.2, -0.15) is 13.2 Å². The number of halogens is 3. The van der Waals surface area contributed by atoms with Gasteiger partial charge in [0, 0.05) is 45.0 Å². The quantitative estimate of drug-likeness (QED) is 0.716. The van der Waals surface area contributed by atoms with Crippen molar-refractivity contribution >= 4 is 12.2 Å². The lowest BCUT2D eigenvalue weighted by atomic mass is 10.2. The van der Waals surface area contributed by atoms with Gasteiger partial charge in [-0.25, -0.2) is 9.97 Å². The molecule has 1 saturated heterocycles. The van der Waals surface area contributed by atoms with E-state index in [-0.39, 0.29) is 6.17 Å². The van der Waals surface area contributed by atoms with Crippen LogP contribution in [-0.2, 0) is 11.0 Å². The number of anilines is 1. The Morgan fingerprint density at radius 1 is 1.24 bits per heavy atom. The van der Waals surface area contributed by atoms with E-state index >= 15 is 0 Å². The van der Waals surface area contributed by atoms with Crippen LogP contribution in [0.1, 0.15) is 31.7 Å². The van der Waals surface area contributed by atoms with Gasteiger partial charge in [-0.1, -0.05) is 6.92 Å². The van der Waals surface area contributed by atoms with E-state index in [9.17, 15) is 18.0 Å². The third-order valence-corrected chi connectivity index (χ3v) is 4.19. The molecule has 1 fully saturated rings. The smallest absolute Gasteiger partial charge is 0.338 e. The molecule has 25 heavy (non-hydrogen) atoms. The molecular formula is C16H24F3N5O. The number of carbonyl (C=O) groups excluding carboxylic acids is 1. The largest absolute Gasteiger partial charge is 0.419 e. The Hall–Kier alpha value is -1.74. The van der Waals surface area contributed by atoms with E-state index in [2.05, 4.69) is 27.1 Å². The first-order chi connectivity index (χ1) is 12.0. The fraction of sp³-hybridized carbons (Fsp3) is 0.688. The maximum Gasteiger partial charge on any atom is 0.419 e. The van der Waals surface area contributed by atoms with Gasteiger partial charge in [0.05, 0.1) is 11.7 Å². The highest BCUT2D eigenvalue weighted by Gasteiger charge is 2.32. The highest BCUT2D eigenvalue weighted by atomic mass is 19.4. The molecule has 1 aromatic heterocycles. The lowest BCUT2D eigenvalue weighted by Crippen LogP contribution is -2.55. The second kappa shape index (κ2) is 9.10. The van der Waals surface area contributed by atoms with Gasteiger partial charge in [0.2, 0.25) is 5.95 Å². The van der Waals surface area contributed by atoms with Crippen LogP contribution in [-0.4, -0.2) is 60.0 Å². The first kappa shape index (κ1) is 19.6. The molecule has 9 heteroatoms. The van der Waals surface area contributed by atoms with E-state index < -0.39 is 11.7 Å². The molecule has 0 radical (unpaired) electrons. The number of aromatic nitrogens is 2. The first-order valence-corrected chi connectivity index (χ1v) is 8.51. The molecule has 0 bridgehead atoms. The molecule has 1 N–H and O–H groups in total. The van der Waals surface area contributed by atoms with Crippen LogP contribution in [0, 0.1) is 0 Å². The molecule has 1 aliphatic heterocycles. The summed E-state index contributed by atoms with van der Waals surface area (Å²) in [7, 11) is 0. The molecule has 1 atom stereocenters. The van der Waals surface area contributed by atoms with Gasteiger partial charge in [0.1, 0.15) is 6.29 Å². The maximum atomic E-state index is 12.6. The van der Waals surface area contributed by atoms with E-state index in [0.717, 1.165) is 51.2 Å². The Bertz CT molecular complexity index is 530. The van der Waals surface area contributed by atoms with Gasteiger partial charge in [-0.05, 0) is 19.4 Å². The molecule has 0 spiro atoms. The monoisotopic (exact) mass is 359 g/mol. The van der Waals surface area contributed by atoms with Gasteiger partial charge in [0.25, 0.3) is 0 Å². The van der Waals surface area contributed by atoms with Crippen LogP contribution in [0.2, 0.25) is 0 Å². The molecule has 0 saturated carbocycles. The molecule has 0 unspecified atom stereocenters. The SMILES string of the molecule is CCCN[C@H](CCC=O)N1CCN(c2ncc(C(F)(F)F)cn2)CC1. The van der Waals surface area contributed by atoms with Crippen LogP contribution in [0.3, 0.4) is 0 Å². The third-order valence-electron chi connectivity index (χ3n) is 4.19. The number of alkyl halides is 3. The summed E-state index contributed by atoms with van der Waals surface area (Å²) < 4.78 is 37.7. The molecule has 6 nitrogen and oxygen atoms in total. The summed E-state index contributed by atoms with van der Waals surface area (Å²) in [4.78, 5) is 22.5. The van der Waals surface area contributed by atoms with Crippen molar-refractivity contribution in [2.75, 3.05) is 37.6 Å². The highest BCUT2D eigenvalue weighted by molar-refractivity contribution is 5.49. The Morgan fingerprint density at radius 2 is 1.88 bits per heavy atom. The number of piperazine rings is 1. The van der Waals surface area contributed by atoms with Gasteiger partial charge in [-0.15, -0.1) is 0 Å². The summed E-state index contributed by atoms with van der Waals surface area (Å²) in [5.41, 5.74) is -0.840. The number of nitrogens with zero attached hydrogens (tertiary/aromatic N) is 4. The van der Waals surface area contributed by atoms with E-state index in [1.165, 1.54) is 0 Å². The average Bonchev–Trinajstić information content (AvgIpc) is 2.61. The van der Waals surface area contributed by atoms with Crippen LogP contribution >= 0.6 is 0 Å².